The molecular formula is C13H19N. The maximum absolute atomic E-state index is 3.58. The van der Waals surface area contributed by atoms with E-state index >= 15 is 0 Å². The first-order valence-electron chi connectivity index (χ1n) is 5.56. The molecule has 1 saturated heterocycles. The highest BCUT2D eigenvalue weighted by atomic mass is 14.9. The Hall–Kier alpha value is -0.820. The molecule has 1 heterocycles. The third-order valence-electron chi connectivity index (χ3n) is 3.12. The Bertz CT molecular complexity index is 271. The zero-order valence-electron chi connectivity index (χ0n) is 9.03. The summed E-state index contributed by atoms with van der Waals surface area (Å²) in [7, 11) is 0. The molecule has 0 spiro atoms. The minimum absolute atomic E-state index is 0.656. The Kier molecular flexibility index (Phi) is 2.87. The lowest BCUT2D eigenvalue weighted by Crippen LogP contribution is -2.41. The minimum atomic E-state index is 0.656. The highest BCUT2D eigenvalue weighted by molar-refractivity contribution is 5.20. The van der Waals surface area contributed by atoms with Crippen LogP contribution in [-0.4, -0.2) is 12.1 Å². The van der Waals surface area contributed by atoms with Crippen molar-refractivity contribution in [2.75, 3.05) is 0 Å². The van der Waals surface area contributed by atoms with Crippen LogP contribution in [0.5, 0.6) is 0 Å². The summed E-state index contributed by atoms with van der Waals surface area (Å²) in [5.74, 6) is 0.752. The molecule has 1 aromatic carbocycles. The molecule has 14 heavy (non-hydrogen) atoms. The van der Waals surface area contributed by atoms with Crippen molar-refractivity contribution in [1.29, 1.82) is 0 Å². The van der Waals surface area contributed by atoms with E-state index in [1.54, 1.807) is 0 Å². The Balaban J connectivity index is 2.11. The SMILES string of the molecule is CC1CC(c2ccccc2)CC(C)N1. The second kappa shape index (κ2) is 4.14. The van der Waals surface area contributed by atoms with Gasteiger partial charge in [-0.3, -0.25) is 0 Å². The summed E-state index contributed by atoms with van der Waals surface area (Å²) in [5.41, 5.74) is 1.51. The van der Waals surface area contributed by atoms with Crippen LogP contribution in [0.3, 0.4) is 0 Å². The van der Waals surface area contributed by atoms with Gasteiger partial charge in [-0.25, -0.2) is 0 Å². The molecule has 1 nitrogen and oxygen atoms in total. The van der Waals surface area contributed by atoms with Crippen molar-refractivity contribution in [3.05, 3.63) is 35.9 Å². The van der Waals surface area contributed by atoms with Gasteiger partial charge < -0.3 is 5.32 Å². The lowest BCUT2D eigenvalue weighted by Gasteiger charge is -2.33. The first-order chi connectivity index (χ1) is 6.75. The monoisotopic (exact) mass is 189 g/mol. The summed E-state index contributed by atoms with van der Waals surface area (Å²) in [5, 5.41) is 3.58. The minimum Gasteiger partial charge on any atom is -0.312 e. The van der Waals surface area contributed by atoms with E-state index in [1.807, 2.05) is 0 Å². The van der Waals surface area contributed by atoms with Crippen molar-refractivity contribution >= 4 is 0 Å². The van der Waals surface area contributed by atoms with E-state index in [4.69, 9.17) is 0 Å². The first-order valence-corrected chi connectivity index (χ1v) is 5.56. The summed E-state index contributed by atoms with van der Waals surface area (Å²) in [4.78, 5) is 0. The number of hydrogen-bond acceptors (Lipinski definition) is 1. The molecule has 2 rings (SSSR count). The van der Waals surface area contributed by atoms with E-state index in [0.717, 1.165) is 5.92 Å². The molecule has 0 aliphatic carbocycles. The zero-order valence-corrected chi connectivity index (χ0v) is 9.03. The predicted molar refractivity (Wildman–Crippen MR) is 60.5 cm³/mol. The molecule has 1 aliphatic rings. The van der Waals surface area contributed by atoms with Gasteiger partial charge in [0.25, 0.3) is 0 Å². The van der Waals surface area contributed by atoms with E-state index in [2.05, 4.69) is 49.5 Å². The third-order valence-corrected chi connectivity index (χ3v) is 3.12. The molecule has 0 amide bonds. The van der Waals surface area contributed by atoms with Gasteiger partial charge in [0.15, 0.2) is 0 Å². The summed E-state index contributed by atoms with van der Waals surface area (Å²) in [6.07, 6.45) is 2.54. The largest absolute Gasteiger partial charge is 0.312 e. The van der Waals surface area contributed by atoms with Gasteiger partial charge in [0.05, 0.1) is 0 Å². The standard InChI is InChI=1S/C13H19N/c1-10-8-13(9-11(2)14-10)12-6-4-3-5-7-12/h3-7,10-11,13-14H,8-9H2,1-2H3. The van der Waals surface area contributed by atoms with Gasteiger partial charge in [0.1, 0.15) is 0 Å². The van der Waals surface area contributed by atoms with Crippen LogP contribution in [0, 0.1) is 0 Å². The van der Waals surface area contributed by atoms with Gasteiger partial charge in [-0.1, -0.05) is 30.3 Å². The molecule has 2 unspecified atom stereocenters. The van der Waals surface area contributed by atoms with Crippen LogP contribution in [-0.2, 0) is 0 Å². The summed E-state index contributed by atoms with van der Waals surface area (Å²) in [6, 6.07) is 12.2. The van der Waals surface area contributed by atoms with Crippen LogP contribution < -0.4 is 5.32 Å². The molecule has 1 heteroatoms. The quantitative estimate of drug-likeness (QED) is 0.716. The fourth-order valence-electron chi connectivity index (χ4n) is 2.57. The molecule has 0 saturated carbocycles. The lowest BCUT2D eigenvalue weighted by atomic mass is 9.84. The maximum Gasteiger partial charge on any atom is 0.00470 e. The van der Waals surface area contributed by atoms with Gasteiger partial charge >= 0.3 is 0 Å². The Morgan fingerprint density at radius 3 is 2.14 bits per heavy atom. The molecule has 2 atom stereocenters. The fourth-order valence-corrected chi connectivity index (χ4v) is 2.57. The Morgan fingerprint density at radius 2 is 1.57 bits per heavy atom. The number of nitrogens with one attached hydrogen (secondary N) is 1. The number of rotatable bonds is 1. The molecule has 0 aromatic heterocycles. The third kappa shape index (κ3) is 2.16. The maximum atomic E-state index is 3.58. The van der Waals surface area contributed by atoms with Crippen molar-refractivity contribution in [2.24, 2.45) is 0 Å². The van der Waals surface area contributed by atoms with Gasteiger partial charge in [-0.2, -0.15) is 0 Å². The van der Waals surface area contributed by atoms with E-state index in [0.29, 0.717) is 12.1 Å². The van der Waals surface area contributed by atoms with E-state index in [-0.39, 0.29) is 0 Å². The predicted octanol–water partition coefficient (Wildman–Crippen LogP) is 2.93. The molecule has 1 aromatic rings. The van der Waals surface area contributed by atoms with E-state index in [1.165, 1.54) is 18.4 Å². The van der Waals surface area contributed by atoms with Crippen molar-refractivity contribution in [3.63, 3.8) is 0 Å². The van der Waals surface area contributed by atoms with Crippen LogP contribution >= 0.6 is 0 Å². The Morgan fingerprint density at radius 1 is 1.00 bits per heavy atom. The molecule has 1 fully saturated rings. The molecule has 1 aliphatic heterocycles. The molecule has 1 N–H and O–H groups in total. The zero-order chi connectivity index (χ0) is 9.97. The summed E-state index contributed by atoms with van der Waals surface area (Å²) >= 11 is 0. The number of hydrogen-bond donors (Lipinski definition) is 1. The van der Waals surface area contributed by atoms with Gasteiger partial charge in [-0.15, -0.1) is 0 Å². The normalized spacial score (nSPS) is 32.9. The molecular weight excluding hydrogens is 170 g/mol. The summed E-state index contributed by atoms with van der Waals surface area (Å²) < 4.78 is 0. The van der Waals surface area contributed by atoms with Gasteiger partial charge in [0.2, 0.25) is 0 Å². The van der Waals surface area contributed by atoms with Crippen molar-refractivity contribution < 1.29 is 0 Å². The second-order valence-corrected chi connectivity index (χ2v) is 4.55. The van der Waals surface area contributed by atoms with Crippen LogP contribution in [0.1, 0.15) is 38.2 Å². The van der Waals surface area contributed by atoms with Crippen molar-refractivity contribution in [2.45, 2.75) is 44.7 Å². The van der Waals surface area contributed by atoms with Gasteiger partial charge in [0, 0.05) is 12.1 Å². The van der Waals surface area contributed by atoms with Crippen LogP contribution in [0.15, 0.2) is 30.3 Å². The van der Waals surface area contributed by atoms with Crippen molar-refractivity contribution in [1.82, 2.24) is 5.32 Å². The number of benzene rings is 1. The van der Waals surface area contributed by atoms with E-state index < -0.39 is 0 Å². The number of piperidine rings is 1. The topological polar surface area (TPSA) is 12.0 Å². The molecule has 0 bridgehead atoms. The molecule has 0 radical (unpaired) electrons. The second-order valence-electron chi connectivity index (χ2n) is 4.55. The summed E-state index contributed by atoms with van der Waals surface area (Å²) in [6.45, 7) is 4.57. The van der Waals surface area contributed by atoms with Crippen LogP contribution in [0.4, 0.5) is 0 Å². The average Bonchev–Trinajstić information content (AvgIpc) is 2.18. The molecule has 76 valence electrons. The fraction of sp³-hybridized carbons (Fsp3) is 0.538. The lowest BCUT2D eigenvalue weighted by molar-refractivity contribution is 0.317. The highest BCUT2D eigenvalue weighted by Gasteiger charge is 2.23. The van der Waals surface area contributed by atoms with Crippen LogP contribution in [0.25, 0.3) is 0 Å². The highest BCUT2D eigenvalue weighted by Crippen LogP contribution is 2.29. The Labute approximate surface area is 86.5 Å². The van der Waals surface area contributed by atoms with E-state index in [9.17, 15) is 0 Å². The first kappa shape index (κ1) is 9.72. The van der Waals surface area contributed by atoms with Gasteiger partial charge in [-0.05, 0) is 38.2 Å². The van der Waals surface area contributed by atoms with Crippen molar-refractivity contribution in [3.8, 4) is 0 Å². The average molecular weight is 189 g/mol. The van der Waals surface area contributed by atoms with Crippen LogP contribution in [0.2, 0.25) is 0 Å². The smallest absolute Gasteiger partial charge is 0.00470 e.